The Morgan fingerprint density at radius 2 is 1.11 bits per heavy atom. The van der Waals surface area contributed by atoms with E-state index in [9.17, 15) is 27.4 Å². The zero-order valence-corrected chi connectivity index (χ0v) is 33.3. The van der Waals surface area contributed by atoms with Crippen LogP contribution in [0.1, 0.15) is 70.2 Å². The lowest BCUT2D eigenvalue weighted by molar-refractivity contribution is 0.591. The predicted molar refractivity (Wildman–Crippen MR) is 269 cm³/mol. The van der Waals surface area contributed by atoms with E-state index in [-0.39, 0.29) is 5.56 Å². The number of furan rings is 1. The van der Waals surface area contributed by atoms with Gasteiger partial charge in [0.25, 0.3) is 6.71 Å². The Morgan fingerprint density at radius 1 is 0.484 bits per heavy atom. The Kier molecular flexibility index (Phi) is 3.33. The van der Waals surface area contributed by atoms with E-state index in [1.807, 2.05) is 0 Å². The van der Waals surface area contributed by atoms with E-state index in [2.05, 4.69) is 0 Å². The van der Waals surface area contributed by atoms with Crippen LogP contribution in [0.2, 0.25) is 0 Å². The van der Waals surface area contributed by atoms with Crippen LogP contribution in [0.15, 0.2) is 198 Å². The quantitative estimate of drug-likeness (QED) is 0.165. The lowest BCUT2D eigenvalue weighted by atomic mass is 9.33. The van der Waals surface area contributed by atoms with Gasteiger partial charge in [-0.2, -0.15) is 0 Å². The van der Waals surface area contributed by atoms with Crippen molar-refractivity contribution in [3.05, 3.63) is 199 Å². The van der Waals surface area contributed by atoms with Crippen molar-refractivity contribution in [3.8, 4) is 5.69 Å². The molecule has 0 unspecified atom stereocenters. The van der Waals surface area contributed by atoms with Crippen LogP contribution in [0.3, 0.4) is 0 Å². The van der Waals surface area contributed by atoms with Gasteiger partial charge in [0.2, 0.25) is 0 Å². The third-order valence-electron chi connectivity index (χ3n) is 11.6. The van der Waals surface area contributed by atoms with Crippen molar-refractivity contribution in [2.24, 2.45) is 0 Å². The fourth-order valence-corrected chi connectivity index (χ4v) is 8.98. The number of hydrogen-bond donors (Lipinski definition) is 0. The van der Waals surface area contributed by atoms with E-state index in [0.29, 0.717) is 4.90 Å². The number of benzene rings is 9. The summed E-state index contributed by atoms with van der Waals surface area (Å²) in [5, 5.41) is -2.05. The summed E-state index contributed by atoms with van der Waals surface area (Å²) in [4.78, 5) is 2.18. The number of fused-ring (bicyclic) bond motifs is 12. The minimum atomic E-state index is -2.06. The van der Waals surface area contributed by atoms with E-state index in [0.717, 1.165) is 14.4 Å². The molecule has 11 aromatic rings. The minimum Gasteiger partial charge on any atom is -0.454 e. The number of rotatable bonds is 4. The van der Waals surface area contributed by atoms with Gasteiger partial charge >= 0.3 is 0 Å². The number of nitrogens with zero attached hydrogens (tertiary/aromatic N) is 4. The molecule has 3 aliphatic heterocycles. The SMILES string of the molecule is [2H]c1c([2H])c([2H])c(N(c2c([2H])c([2H])c([2H])c([2H])c2[2H])c2c([2H])c3c4c(c2[2H])N2c5c(c([2H])c([2H])c([2H])c5-n5c6c([2H])c([2H])c([2H])c([2H])c6c6c([2H])c([2H])c([2H])c2c65)B4c2c([2H])c(C(C)(C)C)c([2H])c([2H])c2N3c2c([2H])c([2H])c([2H])c3c2oc2c([2H])c([2H])c([2H])c([2H])c23)c([2H])c1[2H]. The highest BCUT2D eigenvalue weighted by molar-refractivity contribution is 7.00. The lowest BCUT2D eigenvalue weighted by Gasteiger charge is -2.47. The van der Waals surface area contributed by atoms with Crippen LogP contribution in [0.4, 0.5) is 51.2 Å². The van der Waals surface area contributed by atoms with Crippen LogP contribution in [0.5, 0.6) is 0 Å². The van der Waals surface area contributed by atoms with E-state index in [4.69, 9.17) is 20.9 Å². The van der Waals surface area contributed by atoms with Gasteiger partial charge in [-0.25, -0.2) is 0 Å². The molecule has 0 atom stereocenters. The highest BCUT2D eigenvalue weighted by Gasteiger charge is 2.47. The lowest BCUT2D eigenvalue weighted by Crippen LogP contribution is -2.62. The van der Waals surface area contributed by atoms with Crippen molar-refractivity contribution in [1.82, 2.24) is 4.57 Å². The Balaban J connectivity index is 1.35. The Bertz CT molecular complexity index is 5530. The van der Waals surface area contributed by atoms with Gasteiger partial charge in [0.15, 0.2) is 5.58 Å². The molecule has 6 heteroatoms. The first-order chi connectivity index (χ1) is 44.7. The topological polar surface area (TPSA) is 27.8 Å². The molecule has 0 fully saturated rings. The third kappa shape index (κ3) is 4.74. The molecule has 64 heavy (non-hydrogen) atoms. The summed E-state index contributed by atoms with van der Waals surface area (Å²) in [7, 11) is 0. The molecule has 0 bridgehead atoms. The smallest absolute Gasteiger partial charge is 0.252 e. The molecule has 5 nitrogen and oxygen atoms in total. The van der Waals surface area contributed by atoms with Gasteiger partial charge in [0, 0.05) is 50.0 Å². The van der Waals surface area contributed by atoms with Crippen LogP contribution in [-0.2, 0) is 5.41 Å². The van der Waals surface area contributed by atoms with Gasteiger partial charge in [0.1, 0.15) is 5.58 Å². The van der Waals surface area contributed by atoms with E-state index in [1.54, 1.807) is 20.8 Å². The first-order valence-corrected chi connectivity index (χ1v) is 19.7. The van der Waals surface area contributed by atoms with Gasteiger partial charge in [0.05, 0.1) is 83.3 Å². The molecule has 2 aromatic heterocycles. The maximum Gasteiger partial charge on any atom is 0.252 e. The van der Waals surface area contributed by atoms with Crippen LogP contribution in [-0.4, -0.2) is 11.3 Å². The van der Waals surface area contributed by atoms with Crippen LogP contribution in [0, 0.1) is 0 Å². The molecule has 0 N–H and O–H groups in total. The van der Waals surface area contributed by atoms with Crippen LogP contribution >= 0.6 is 0 Å². The zero-order chi connectivity index (χ0) is 70.3. The number of anilines is 9. The summed E-state index contributed by atoms with van der Waals surface area (Å²) in [5.41, 5.74) is -13.9. The Hall–Kier alpha value is -7.96. The summed E-state index contributed by atoms with van der Waals surface area (Å²) >= 11 is 0. The van der Waals surface area contributed by atoms with E-state index < -0.39 is 322 Å². The maximum atomic E-state index is 11.1. The summed E-state index contributed by atoms with van der Waals surface area (Å²) < 4.78 is 312. The highest BCUT2D eigenvalue weighted by atomic mass is 16.3. The predicted octanol–water partition coefficient (Wildman–Crippen LogP) is 13.8. The molecule has 9 aromatic carbocycles. The molecule has 0 saturated carbocycles. The maximum absolute atomic E-state index is 11.1. The standard InChI is InChI=1S/C58H41BN4O/c1-58(2,3)36-31-32-47-45(33-36)59-44-25-16-28-49-56(44)63(48-27-14-23-42-40-21-10-12-26-46(40)62(49)55(42)48)52-35-39(60(37-17-6-4-7-18-37)38-19-8-5-9-20-38)34-51(54(52)59)61(47)50-29-15-24-43-41-22-11-13-30-53(41)64-57(43)50/h4-35H,1-3H3/i4D,5D,6D,7D,8D,9D,10D,11D,12D,13D,14D,15D,16D,17D,18D,19D,20D,21D,22D,23D,24D,25D,26D,27D,28D,29D,30D,31D,32D,33D,34D,35D. The second kappa shape index (κ2) is 12.8. The van der Waals surface area contributed by atoms with Crippen LogP contribution in [0.25, 0.3) is 49.4 Å². The van der Waals surface area contributed by atoms with Crippen molar-refractivity contribution in [2.45, 2.75) is 26.2 Å². The summed E-state index contributed by atoms with van der Waals surface area (Å²) in [6, 6.07) is -31.2. The molecule has 3 aliphatic rings. The largest absolute Gasteiger partial charge is 0.454 e. The van der Waals surface area contributed by atoms with Crippen molar-refractivity contribution in [2.75, 3.05) is 14.7 Å². The van der Waals surface area contributed by atoms with Crippen LogP contribution < -0.4 is 31.1 Å². The van der Waals surface area contributed by atoms with Crippen molar-refractivity contribution >= 4 is 118 Å². The first-order valence-electron chi connectivity index (χ1n) is 35.7. The summed E-state index contributed by atoms with van der Waals surface area (Å²) in [5.74, 6) is 0. The zero-order valence-electron chi connectivity index (χ0n) is 65.3. The van der Waals surface area contributed by atoms with Crippen molar-refractivity contribution in [3.63, 3.8) is 0 Å². The molecule has 0 radical (unpaired) electrons. The number of aromatic nitrogens is 1. The summed E-state index contributed by atoms with van der Waals surface area (Å²) in [6.45, 7) is 2.68. The summed E-state index contributed by atoms with van der Waals surface area (Å²) in [6.07, 6.45) is 0. The minimum absolute atomic E-state index is 0.203. The van der Waals surface area contributed by atoms with Crippen molar-refractivity contribution < 1.29 is 48.3 Å². The Labute approximate surface area is 416 Å². The Morgan fingerprint density at radius 3 is 1.88 bits per heavy atom. The van der Waals surface area contributed by atoms with E-state index >= 15 is 0 Å². The second-order valence-electron chi connectivity index (χ2n) is 16.1. The monoisotopic (exact) mass is 853 g/mol. The van der Waals surface area contributed by atoms with Gasteiger partial charge in [-0.3, -0.25) is 0 Å². The molecular weight excluding hydrogens is 779 g/mol. The molecule has 0 aliphatic carbocycles. The van der Waals surface area contributed by atoms with Gasteiger partial charge in [-0.1, -0.05) is 142 Å². The van der Waals surface area contributed by atoms with Gasteiger partial charge in [-0.05, 0) is 99.9 Å². The molecule has 0 saturated heterocycles. The second-order valence-corrected chi connectivity index (χ2v) is 16.1. The normalized spacial score (nSPS) is 20.5. The molecule has 302 valence electrons. The third-order valence-corrected chi connectivity index (χ3v) is 11.6. The molecule has 0 spiro atoms. The number of hydrogen-bond acceptors (Lipinski definition) is 4. The molecule has 14 rings (SSSR count). The van der Waals surface area contributed by atoms with Crippen molar-refractivity contribution in [1.29, 1.82) is 0 Å². The fourth-order valence-electron chi connectivity index (χ4n) is 8.98. The molecule has 5 heterocycles. The average molecular weight is 853 g/mol. The van der Waals surface area contributed by atoms with Gasteiger partial charge < -0.3 is 23.7 Å². The fraction of sp³-hybridized carbons (Fsp3) is 0.0690. The van der Waals surface area contributed by atoms with Gasteiger partial charge in [-0.15, -0.1) is 0 Å². The average Bonchev–Trinajstić information content (AvgIpc) is 1.12. The first kappa shape index (κ1) is 16.6. The van der Waals surface area contributed by atoms with E-state index in [1.165, 1.54) is 0 Å². The number of para-hydroxylation sites is 7. The molecular formula is C58H41BN4O. The molecule has 0 amide bonds. The highest BCUT2D eigenvalue weighted by Crippen LogP contribution is 2.54.